The Labute approximate surface area is 232 Å². The van der Waals surface area contributed by atoms with Crippen LogP contribution in [0.15, 0.2) is 48.5 Å². The number of aromatic amines is 1. The van der Waals surface area contributed by atoms with Gasteiger partial charge < -0.3 is 20.1 Å². The highest BCUT2D eigenvalue weighted by Crippen LogP contribution is 2.67. The third-order valence-electron chi connectivity index (χ3n) is 9.84. The van der Waals surface area contributed by atoms with E-state index < -0.39 is 5.54 Å². The number of amides is 2. The predicted octanol–water partition coefficient (Wildman–Crippen LogP) is 6.61. The van der Waals surface area contributed by atoms with Gasteiger partial charge in [-0.05, 0) is 85.8 Å². The molecule has 3 saturated carbocycles. The van der Waals surface area contributed by atoms with E-state index in [0.29, 0.717) is 12.3 Å². The third-order valence-corrected chi connectivity index (χ3v) is 9.84. The van der Waals surface area contributed by atoms with E-state index >= 15 is 0 Å². The number of hydrogen-bond donors (Lipinski definition) is 2. The number of rotatable bonds is 8. The summed E-state index contributed by atoms with van der Waals surface area (Å²) in [5, 5.41) is 4.47. The van der Waals surface area contributed by atoms with Crippen molar-refractivity contribution in [1.29, 1.82) is 0 Å². The van der Waals surface area contributed by atoms with Crippen molar-refractivity contribution in [3.63, 3.8) is 0 Å². The van der Waals surface area contributed by atoms with Crippen LogP contribution in [0.1, 0.15) is 76.0 Å². The summed E-state index contributed by atoms with van der Waals surface area (Å²) in [4.78, 5) is 35.9. The minimum atomic E-state index is -0.746. The number of aromatic nitrogens is 1. The van der Waals surface area contributed by atoms with Crippen LogP contribution in [0.25, 0.3) is 10.9 Å². The van der Waals surface area contributed by atoms with Crippen LogP contribution in [0.5, 0.6) is 0 Å². The van der Waals surface area contributed by atoms with Gasteiger partial charge >= 0.3 is 0 Å². The number of nitrogens with one attached hydrogen (secondary N) is 2. The number of aryl methyl sites for hydroxylation is 1. The molecule has 6 rings (SSSR count). The second-order valence-corrected chi connectivity index (χ2v) is 12.9. The molecule has 206 valence electrons. The molecule has 0 radical (unpaired) electrons. The molecule has 6 nitrogen and oxygen atoms in total. The highest BCUT2D eigenvalue weighted by atomic mass is 16.2. The molecule has 0 bridgehead atoms. The number of anilines is 2. The summed E-state index contributed by atoms with van der Waals surface area (Å²) in [5.41, 5.74) is 4.90. The molecule has 6 heteroatoms. The average Bonchev–Trinajstić information content (AvgIpc) is 3.68. The van der Waals surface area contributed by atoms with Crippen LogP contribution in [0.3, 0.4) is 0 Å². The maximum atomic E-state index is 14.2. The summed E-state index contributed by atoms with van der Waals surface area (Å²) in [7, 11) is 4.01. The molecule has 2 atom stereocenters. The average molecular weight is 527 g/mol. The summed E-state index contributed by atoms with van der Waals surface area (Å²) < 4.78 is 0. The van der Waals surface area contributed by atoms with Crippen LogP contribution < -0.4 is 10.2 Å². The van der Waals surface area contributed by atoms with E-state index in [1.165, 1.54) is 16.6 Å². The molecule has 2 amide bonds. The van der Waals surface area contributed by atoms with Crippen molar-refractivity contribution in [2.75, 3.05) is 24.3 Å². The van der Waals surface area contributed by atoms with Gasteiger partial charge in [-0.25, -0.2) is 0 Å². The van der Waals surface area contributed by atoms with Crippen molar-refractivity contribution >= 4 is 34.1 Å². The van der Waals surface area contributed by atoms with Gasteiger partial charge in [-0.3, -0.25) is 9.59 Å². The second kappa shape index (κ2) is 9.42. The number of H-pyrrole nitrogens is 1. The molecule has 2 unspecified atom stereocenters. The summed E-state index contributed by atoms with van der Waals surface area (Å²) in [6.45, 7) is 6.75. The standard InChI is InChI=1S/C33H42N4O2/c1-21-29(25-10-6-7-11-27(25)34-21)30-26(32(30,2)3)20-28(38)37(24-16-17-24)33(18-8-9-19-33)31(39)35-22-12-14-23(15-13-22)36(4)5/h6-7,10-15,24,26,30,34H,8-9,16-20H2,1-5H3,(H,35,39). The minimum Gasteiger partial charge on any atom is -0.378 e. The van der Waals surface area contributed by atoms with E-state index in [-0.39, 0.29) is 29.2 Å². The molecule has 2 aromatic carbocycles. The van der Waals surface area contributed by atoms with Crippen molar-refractivity contribution in [3.05, 3.63) is 59.8 Å². The molecule has 0 aliphatic heterocycles. The Balaban J connectivity index is 1.24. The van der Waals surface area contributed by atoms with Crippen molar-refractivity contribution in [2.24, 2.45) is 11.3 Å². The highest BCUT2D eigenvalue weighted by Gasteiger charge is 2.61. The van der Waals surface area contributed by atoms with Crippen molar-refractivity contribution in [2.45, 2.75) is 83.2 Å². The Bertz CT molecular complexity index is 1390. The van der Waals surface area contributed by atoms with Crippen LogP contribution in [0.4, 0.5) is 11.4 Å². The number of carbonyl (C=O) groups excluding carboxylic acids is 2. The van der Waals surface area contributed by atoms with Crippen LogP contribution in [0.2, 0.25) is 0 Å². The monoisotopic (exact) mass is 526 g/mol. The SMILES string of the molecule is Cc1[nH]c2ccccc2c1C1C(CC(=O)N(C2CC2)C2(C(=O)Nc3ccc(N(C)C)cc3)CCCC2)C1(C)C. The first kappa shape index (κ1) is 26.0. The molecular formula is C33H42N4O2. The molecule has 2 N–H and O–H groups in total. The number of carbonyl (C=O) groups is 2. The van der Waals surface area contributed by atoms with E-state index in [2.05, 4.69) is 60.2 Å². The number of fused-ring (bicyclic) bond motifs is 1. The van der Waals surface area contributed by atoms with Gasteiger partial charge in [0.2, 0.25) is 11.8 Å². The first-order chi connectivity index (χ1) is 18.6. The van der Waals surface area contributed by atoms with E-state index in [4.69, 9.17) is 0 Å². The third kappa shape index (κ3) is 4.42. The largest absolute Gasteiger partial charge is 0.378 e. The van der Waals surface area contributed by atoms with Crippen molar-refractivity contribution < 1.29 is 9.59 Å². The zero-order valence-corrected chi connectivity index (χ0v) is 24.0. The zero-order chi connectivity index (χ0) is 27.5. The van der Waals surface area contributed by atoms with Gasteiger partial charge in [-0.15, -0.1) is 0 Å². The fraction of sp³-hybridized carbons (Fsp3) is 0.515. The lowest BCUT2D eigenvalue weighted by Crippen LogP contribution is -2.58. The van der Waals surface area contributed by atoms with Gasteiger partial charge in [0.15, 0.2) is 0 Å². The zero-order valence-electron chi connectivity index (χ0n) is 24.0. The fourth-order valence-corrected chi connectivity index (χ4v) is 7.44. The molecule has 3 aliphatic carbocycles. The molecule has 3 fully saturated rings. The fourth-order valence-electron chi connectivity index (χ4n) is 7.44. The molecular weight excluding hydrogens is 484 g/mol. The van der Waals surface area contributed by atoms with Crippen LogP contribution in [-0.2, 0) is 9.59 Å². The van der Waals surface area contributed by atoms with Crippen molar-refractivity contribution in [1.82, 2.24) is 9.88 Å². The molecule has 0 spiro atoms. The molecule has 3 aliphatic rings. The summed E-state index contributed by atoms with van der Waals surface area (Å²) in [5.74, 6) is 0.749. The maximum absolute atomic E-state index is 14.2. The van der Waals surface area contributed by atoms with Gasteiger partial charge in [0, 0.05) is 54.5 Å². The molecule has 39 heavy (non-hydrogen) atoms. The molecule has 1 heterocycles. The summed E-state index contributed by atoms with van der Waals surface area (Å²) in [6, 6.07) is 16.6. The Morgan fingerprint density at radius 1 is 1.00 bits per heavy atom. The van der Waals surface area contributed by atoms with Crippen LogP contribution in [0, 0.1) is 18.3 Å². The Morgan fingerprint density at radius 2 is 1.67 bits per heavy atom. The minimum absolute atomic E-state index is 0.0167. The topological polar surface area (TPSA) is 68.4 Å². The van der Waals surface area contributed by atoms with E-state index in [1.807, 2.05) is 43.3 Å². The first-order valence-corrected chi connectivity index (χ1v) is 14.6. The molecule has 1 aromatic heterocycles. The highest BCUT2D eigenvalue weighted by molar-refractivity contribution is 6.01. The lowest BCUT2D eigenvalue weighted by molar-refractivity contribution is -0.146. The smallest absolute Gasteiger partial charge is 0.250 e. The van der Waals surface area contributed by atoms with E-state index in [0.717, 1.165) is 55.4 Å². The number of nitrogens with zero attached hydrogens (tertiary/aromatic N) is 2. The quantitative estimate of drug-likeness (QED) is 0.347. The normalized spacial score (nSPS) is 23.0. The summed E-state index contributed by atoms with van der Waals surface area (Å²) >= 11 is 0. The number of benzene rings is 2. The van der Waals surface area contributed by atoms with Crippen LogP contribution in [-0.4, -0.2) is 47.4 Å². The van der Waals surface area contributed by atoms with Crippen LogP contribution >= 0.6 is 0 Å². The summed E-state index contributed by atoms with van der Waals surface area (Å²) in [6.07, 6.45) is 5.95. The van der Waals surface area contributed by atoms with E-state index in [9.17, 15) is 9.59 Å². The van der Waals surface area contributed by atoms with Gasteiger partial charge in [-0.2, -0.15) is 0 Å². The number of hydrogen-bond acceptors (Lipinski definition) is 3. The lowest BCUT2D eigenvalue weighted by atomic mass is 9.91. The second-order valence-electron chi connectivity index (χ2n) is 12.9. The Hall–Kier alpha value is -3.28. The lowest BCUT2D eigenvalue weighted by Gasteiger charge is -2.40. The molecule has 0 saturated heterocycles. The van der Waals surface area contributed by atoms with Gasteiger partial charge in [0.1, 0.15) is 5.54 Å². The predicted molar refractivity (Wildman–Crippen MR) is 158 cm³/mol. The van der Waals surface area contributed by atoms with Gasteiger partial charge in [0.05, 0.1) is 0 Å². The maximum Gasteiger partial charge on any atom is 0.250 e. The number of para-hydroxylation sites is 1. The van der Waals surface area contributed by atoms with Gasteiger partial charge in [-0.1, -0.05) is 44.9 Å². The van der Waals surface area contributed by atoms with Crippen molar-refractivity contribution in [3.8, 4) is 0 Å². The molecule has 3 aromatic rings. The Morgan fingerprint density at radius 3 is 2.31 bits per heavy atom. The first-order valence-electron chi connectivity index (χ1n) is 14.6. The van der Waals surface area contributed by atoms with Gasteiger partial charge in [0.25, 0.3) is 0 Å². The Kier molecular flexibility index (Phi) is 6.28. The van der Waals surface area contributed by atoms with E-state index in [1.54, 1.807) is 0 Å².